The van der Waals surface area contributed by atoms with Crippen molar-refractivity contribution in [2.75, 3.05) is 23.7 Å². The number of nitrogens with one attached hydrogen (secondary N) is 2. The number of carbonyl (C=O) groups is 1. The molecule has 1 aromatic carbocycles. The van der Waals surface area contributed by atoms with Crippen molar-refractivity contribution in [1.82, 2.24) is 15.1 Å². The highest BCUT2D eigenvalue weighted by Crippen LogP contribution is 2.36. The van der Waals surface area contributed by atoms with E-state index < -0.39 is 17.6 Å². The number of carbonyl (C=O) groups excluding carboxylic acids is 1. The summed E-state index contributed by atoms with van der Waals surface area (Å²) >= 11 is 0. The Labute approximate surface area is 180 Å². The average molecular weight is 435 g/mol. The van der Waals surface area contributed by atoms with Crippen LogP contribution < -0.4 is 10.6 Å². The van der Waals surface area contributed by atoms with Gasteiger partial charge in [0.1, 0.15) is 0 Å². The number of piperidine rings is 1. The number of nitrogens with zero attached hydrogens (tertiary/aromatic N) is 3. The third-order valence-corrected chi connectivity index (χ3v) is 5.44. The zero-order valence-corrected chi connectivity index (χ0v) is 18.2. The molecule has 9 heteroatoms. The van der Waals surface area contributed by atoms with Crippen LogP contribution >= 0.6 is 0 Å². The van der Waals surface area contributed by atoms with Crippen LogP contribution in [-0.4, -0.2) is 46.2 Å². The van der Waals surface area contributed by atoms with Crippen molar-refractivity contribution in [3.8, 4) is 11.3 Å². The van der Waals surface area contributed by atoms with Crippen molar-refractivity contribution >= 4 is 17.4 Å². The first-order valence-corrected chi connectivity index (χ1v) is 10.4. The molecule has 2 aromatic rings. The highest BCUT2D eigenvalue weighted by Gasteiger charge is 2.31. The van der Waals surface area contributed by atoms with Gasteiger partial charge in [-0.3, -0.25) is 9.69 Å². The minimum atomic E-state index is -4.51. The molecule has 1 fully saturated rings. The largest absolute Gasteiger partial charge is 0.416 e. The SMILES string of the molecule is CC(=O)Nc1cc(C(F)(F)F)ccc1-c1cc(C)c(N[C@@H]2CCCN(C(C)C)C2)nn1. The predicted octanol–water partition coefficient (Wildman–Crippen LogP) is 4.71. The molecule has 0 saturated carbocycles. The summed E-state index contributed by atoms with van der Waals surface area (Å²) in [5, 5.41) is 14.5. The molecule has 1 aromatic heterocycles. The summed E-state index contributed by atoms with van der Waals surface area (Å²) in [5.74, 6) is 0.197. The lowest BCUT2D eigenvalue weighted by molar-refractivity contribution is -0.137. The van der Waals surface area contributed by atoms with Gasteiger partial charge in [0.05, 0.1) is 16.9 Å². The lowest BCUT2D eigenvalue weighted by atomic mass is 10.0. The van der Waals surface area contributed by atoms with Crippen LogP contribution in [0, 0.1) is 6.92 Å². The monoisotopic (exact) mass is 435 g/mol. The summed E-state index contributed by atoms with van der Waals surface area (Å²) in [5.41, 5.74) is 0.828. The molecule has 31 heavy (non-hydrogen) atoms. The van der Waals surface area contributed by atoms with Gasteiger partial charge < -0.3 is 10.6 Å². The normalized spacial score (nSPS) is 17.6. The number of halogens is 3. The smallest absolute Gasteiger partial charge is 0.364 e. The fourth-order valence-electron chi connectivity index (χ4n) is 3.78. The number of hydrogen-bond acceptors (Lipinski definition) is 5. The minimum absolute atomic E-state index is 0.0524. The number of likely N-dealkylation sites (tertiary alicyclic amines) is 1. The van der Waals surface area contributed by atoms with Crippen molar-refractivity contribution < 1.29 is 18.0 Å². The summed E-state index contributed by atoms with van der Waals surface area (Å²) in [6.45, 7) is 9.49. The van der Waals surface area contributed by atoms with Crippen LogP contribution in [-0.2, 0) is 11.0 Å². The van der Waals surface area contributed by atoms with Crippen molar-refractivity contribution in [3.05, 3.63) is 35.4 Å². The Balaban J connectivity index is 1.86. The van der Waals surface area contributed by atoms with Crippen LogP contribution in [0.2, 0.25) is 0 Å². The van der Waals surface area contributed by atoms with E-state index >= 15 is 0 Å². The van der Waals surface area contributed by atoms with Crippen LogP contribution in [0.5, 0.6) is 0 Å². The van der Waals surface area contributed by atoms with E-state index in [0.29, 0.717) is 23.1 Å². The summed E-state index contributed by atoms with van der Waals surface area (Å²) in [6.07, 6.45) is -2.37. The molecule has 3 rings (SSSR count). The fraction of sp³-hybridized carbons (Fsp3) is 0.500. The molecule has 6 nitrogen and oxygen atoms in total. The number of amides is 1. The molecule has 1 saturated heterocycles. The topological polar surface area (TPSA) is 70.2 Å². The Kier molecular flexibility index (Phi) is 6.83. The number of aromatic nitrogens is 2. The Hall–Kier alpha value is -2.68. The van der Waals surface area contributed by atoms with Gasteiger partial charge in [0, 0.05) is 31.1 Å². The minimum Gasteiger partial charge on any atom is -0.364 e. The molecular weight excluding hydrogens is 407 g/mol. The molecular formula is C22H28F3N5O. The lowest BCUT2D eigenvalue weighted by Crippen LogP contribution is -2.45. The van der Waals surface area contributed by atoms with Crippen LogP contribution in [0.3, 0.4) is 0 Å². The zero-order valence-electron chi connectivity index (χ0n) is 18.2. The Morgan fingerprint density at radius 3 is 2.58 bits per heavy atom. The van der Waals surface area contributed by atoms with E-state index in [0.717, 1.165) is 43.6 Å². The van der Waals surface area contributed by atoms with Crippen molar-refractivity contribution in [3.63, 3.8) is 0 Å². The van der Waals surface area contributed by atoms with Gasteiger partial charge >= 0.3 is 6.18 Å². The highest BCUT2D eigenvalue weighted by atomic mass is 19.4. The van der Waals surface area contributed by atoms with E-state index in [9.17, 15) is 18.0 Å². The fourth-order valence-corrected chi connectivity index (χ4v) is 3.78. The molecule has 1 aliphatic heterocycles. The quantitative estimate of drug-likeness (QED) is 0.712. The second-order valence-corrected chi connectivity index (χ2v) is 8.27. The van der Waals surface area contributed by atoms with Crippen LogP contribution in [0.15, 0.2) is 24.3 Å². The maximum Gasteiger partial charge on any atom is 0.416 e. The van der Waals surface area contributed by atoms with Gasteiger partial charge in [-0.1, -0.05) is 6.07 Å². The molecule has 0 bridgehead atoms. The van der Waals surface area contributed by atoms with Crippen LogP contribution in [0.4, 0.5) is 24.7 Å². The predicted molar refractivity (Wildman–Crippen MR) is 115 cm³/mol. The average Bonchev–Trinajstić information content (AvgIpc) is 2.68. The number of rotatable bonds is 5. The standard InChI is InChI=1S/C22H28F3N5O/c1-13(2)30-9-5-6-17(12-30)27-21-14(3)10-20(28-29-21)18-8-7-16(22(23,24)25)11-19(18)26-15(4)31/h7-8,10-11,13,17H,5-6,9,12H2,1-4H3,(H,26,31)(H,27,29)/t17-/m1/s1. The van der Waals surface area contributed by atoms with Gasteiger partial charge in [0.15, 0.2) is 5.82 Å². The van der Waals surface area contributed by atoms with E-state index in [2.05, 4.69) is 39.6 Å². The first kappa shape index (κ1) is 23.0. The van der Waals surface area contributed by atoms with E-state index in [1.807, 2.05) is 6.92 Å². The number of hydrogen-bond donors (Lipinski definition) is 2. The molecule has 1 aliphatic rings. The van der Waals surface area contributed by atoms with Crippen LogP contribution in [0.1, 0.15) is 44.7 Å². The Morgan fingerprint density at radius 2 is 1.97 bits per heavy atom. The number of benzene rings is 1. The Bertz CT molecular complexity index is 945. The summed E-state index contributed by atoms with van der Waals surface area (Å²) in [6, 6.07) is 5.72. The summed E-state index contributed by atoms with van der Waals surface area (Å²) in [4.78, 5) is 13.9. The molecule has 0 radical (unpaired) electrons. The number of aryl methyl sites for hydroxylation is 1. The lowest BCUT2D eigenvalue weighted by Gasteiger charge is -2.36. The third kappa shape index (κ3) is 5.72. The molecule has 2 heterocycles. The number of alkyl halides is 3. The molecule has 168 valence electrons. The van der Waals surface area contributed by atoms with E-state index in [4.69, 9.17) is 0 Å². The van der Waals surface area contributed by atoms with E-state index in [-0.39, 0.29) is 11.7 Å². The summed E-state index contributed by atoms with van der Waals surface area (Å²) < 4.78 is 39.3. The molecule has 1 atom stereocenters. The van der Waals surface area contributed by atoms with E-state index in [1.165, 1.54) is 13.0 Å². The van der Waals surface area contributed by atoms with Crippen molar-refractivity contribution in [2.45, 2.75) is 58.8 Å². The Morgan fingerprint density at radius 1 is 1.23 bits per heavy atom. The molecule has 2 N–H and O–H groups in total. The van der Waals surface area contributed by atoms with Crippen LogP contribution in [0.25, 0.3) is 11.3 Å². The van der Waals surface area contributed by atoms with Gasteiger partial charge in [0.25, 0.3) is 0 Å². The second kappa shape index (κ2) is 9.21. The summed E-state index contributed by atoms with van der Waals surface area (Å²) in [7, 11) is 0. The molecule has 0 aliphatic carbocycles. The third-order valence-electron chi connectivity index (χ3n) is 5.44. The zero-order chi connectivity index (χ0) is 22.8. The first-order valence-electron chi connectivity index (χ1n) is 10.4. The van der Waals surface area contributed by atoms with Gasteiger partial charge in [-0.2, -0.15) is 13.2 Å². The first-order chi connectivity index (χ1) is 14.5. The van der Waals surface area contributed by atoms with Gasteiger partial charge in [0.2, 0.25) is 5.91 Å². The van der Waals surface area contributed by atoms with Crippen molar-refractivity contribution in [1.29, 1.82) is 0 Å². The van der Waals surface area contributed by atoms with Gasteiger partial charge in [-0.25, -0.2) is 0 Å². The number of anilines is 2. The maximum atomic E-state index is 13.1. The van der Waals surface area contributed by atoms with E-state index in [1.54, 1.807) is 6.07 Å². The second-order valence-electron chi connectivity index (χ2n) is 8.27. The highest BCUT2D eigenvalue weighted by molar-refractivity contribution is 5.93. The van der Waals surface area contributed by atoms with Crippen molar-refractivity contribution in [2.24, 2.45) is 0 Å². The molecule has 1 amide bonds. The van der Waals surface area contributed by atoms with Gasteiger partial charge in [-0.15, -0.1) is 10.2 Å². The molecule has 0 spiro atoms. The maximum absolute atomic E-state index is 13.1. The van der Waals surface area contributed by atoms with Gasteiger partial charge in [-0.05, 0) is 63.9 Å². The molecule has 0 unspecified atom stereocenters.